The van der Waals surface area contributed by atoms with Gasteiger partial charge in [0.05, 0.1) is 5.52 Å². The van der Waals surface area contributed by atoms with Crippen molar-refractivity contribution < 1.29 is 29.0 Å². The largest absolute Gasteiger partial charge is 0.381 e. The van der Waals surface area contributed by atoms with Crippen molar-refractivity contribution in [2.24, 2.45) is 0 Å². The van der Waals surface area contributed by atoms with Crippen molar-refractivity contribution in [3.05, 3.63) is 53.5 Å². The van der Waals surface area contributed by atoms with E-state index in [0.717, 1.165) is 41.9 Å². The minimum absolute atomic E-state index is 0.0126. The number of likely N-dealkylation sites (tertiary alicyclic amines) is 1. The molecule has 3 aromatic rings. The zero-order valence-corrected chi connectivity index (χ0v) is 18.8. The van der Waals surface area contributed by atoms with Crippen LogP contribution in [0.1, 0.15) is 52.8 Å². The number of aromatic nitrogens is 3. The Labute approximate surface area is 192 Å². The number of halogens is 5. The Balaban J connectivity index is 1.34. The summed E-state index contributed by atoms with van der Waals surface area (Å²) in [6.45, 7) is 2.13. The van der Waals surface area contributed by atoms with E-state index in [9.17, 15) is 24.2 Å². The zero-order chi connectivity index (χ0) is 24.2. The van der Waals surface area contributed by atoms with E-state index < -0.39 is 21.0 Å². The van der Waals surface area contributed by atoms with E-state index in [1.165, 1.54) is 4.90 Å². The highest BCUT2D eigenvalue weighted by atomic mass is 32.5. The first-order chi connectivity index (χ1) is 15.9. The van der Waals surface area contributed by atoms with Gasteiger partial charge in [-0.3, -0.25) is 4.79 Å². The van der Waals surface area contributed by atoms with Crippen LogP contribution in [0.5, 0.6) is 0 Å². The van der Waals surface area contributed by atoms with Gasteiger partial charge in [0.2, 0.25) is 0 Å². The topological polar surface area (TPSA) is 71.1 Å². The van der Waals surface area contributed by atoms with Gasteiger partial charge in [-0.15, -0.1) is 0 Å². The SMILES string of the molecule is O=C(c1ccc(S(F)(F)(F)(F)F)cc1)N1CC[C@H](c2ccnc3nc(C4CCOCC4)[nH]c23)C1. The Bertz CT molecular complexity index is 1240. The van der Waals surface area contributed by atoms with Crippen LogP contribution in [0.4, 0.5) is 19.4 Å². The van der Waals surface area contributed by atoms with Crippen LogP contribution in [0.15, 0.2) is 41.4 Å². The molecule has 0 aliphatic carbocycles. The number of fused-ring (bicyclic) bond motifs is 1. The third kappa shape index (κ3) is 4.48. The molecule has 2 aliphatic rings. The van der Waals surface area contributed by atoms with Gasteiger partial charge in [-0.1, -0.05) is 19.4 Å². The smallest absolute Gasteiger partial charge is 0.310 e. The molecule has 5 rings (SSSR count). The molecule has 0 saturated carbocycles. The number of amides is 1. The van der Waals surface area contributed by atoms with Gasteiger partial charge >= 0.3 is 10.2 Å². The molecule has 2 saturated heterocycles. The second-order valence-electron chi connectivity index (χ2n) is 8.84. The number of benzene rings is 1. The molecule has 0 bridgehead atoms. The number of H-pyrrole nitrogens is 1. The average molecular weight is 503 g/mol. The van der Waals surface area contributed by atoms with E-state index >= 15 is 0 Å². The van der Waals surface area contributed by atoms with Crippen molar-refractivity contribution in [3.8, 4) is 0 Å². The van der Waals surface area contributed by atoms with Crippen molar-refractivity contribution >= 4 is 27.3 Å². The van der Waals surface area contributed by atoms with Crippen molar-refractivity contribution in [1.82, 2.24) is 19.9 Å². The van der Waals surface area contributed by atoms with Crippen LogP contribution in [-0.2, 0) is 4.74 Å². The van der Waals surface area contributed by atoms with E-state index in [0.29, 0.717) is 38.4 Å². The molecule has 0 spiro atoms. The Morgan fingerprint density at radius 2 is 1.71 bits per heavy atom. The predicted octanol–water partition coefficient (Wildman–Crippen LogP) is 6.14. The molecule has 1 amide bonds. The third-order valence-electron chi connectivity index (χ3n) is 6.51. The molecule has 2 aromatic heterocycles. The maximum absolute atomic E-state index is 13.0. The Morgan fingerprint density at radius 1 is 1.00 bits per heavy atom. The molecule has 0 radical (unpaired) electrons. The zero-order valence-electron chi connectivity index (χ0n) is 18.0. The first-order valence-corrected chi connectivity index (χ1v) is 12.9. The molecular formula is C22H23F5N4O2S. The number of carbonyl (C=O) groups excluding carboxylic acids is 1. The molecular weight excluding hydrogens is 479 g/mol. The molecule has 1 atom stereocenters. The monoisotopic (exact) mass is 502 g/mol. The van der Waals surface area contributed by atoms with Gasteiger partial charge in [0, 0.05) is 49.9 Å². The van der Waals surface area contributed by atoms with Crippen LogP contribution >= 0.6 is 10.2 Å². The number of aromatic amines is 1. The van der Waals surface area contributed by atoms with Gasteiger partial charge < -0.3 is 14.6 Å². The van der Waals surface area contributed by atoms with Gasteiger partial charge in [-0.25, -0.2) is 9.97 Å². The highest BCUT2D eigenvalue weighted by molar-refractivity contribution is 8.45. The van der Waals surface area contributed by atoms with Crippen LogP contribution < -0.4 is 0 Å². The van der Waals surface area contributed by atoms with Crippen molar-refractivity contribution in [2.45, 2.75) is 36.0 Å². The summed E-state index contributed by atoms with van der Waals surface area (Å²) in [5.74, 6) is 0.635. The predicted molar refractivity (Wildman–Crippen MR) is 118 cm³/mol. The Hall–Kier alpha value is -2.73. The molecule has 12 heteroatoms. The Morgan fingerprint density at radius 3 is 2.38 bits per heavy atom. The summed E-state index contributed by atoms with van der Waals surface area (Å²) in [7, 11) is -9.77. The van der Waals surface area contributed by atoms with Gasteiger partial charge in [0.25, 0.3) is 5.91 Å². The molecule has 4 heterocycles. The summed E-state index contributed by atoms with van der Waals surface area (Å²) in [5.41, 5.74) is 2.34. The number of rotatable bonds is 4. The van der Waals surface area contributed by atoms with Gasteiger partial charge in [-0.2, -0.15) is 0 Å². The molecule has 1 aromatic carbocycles. The molecule has 34 heavy (non-hydrogen) atoms. The van der Waals surface area contributed by atoms with Crippen molar-refractivity contribution in [2.75, 3.05) is 26.3 Å². The van der Waals surface area contributed by atoms with E-state index in [1.807, 2.05) is 6.07 Å². The first-order valence-electron chi connectivity index (χ1n) is 10.9. The maximum Gasteiger partial charge on any atom is 0.310 e. The lowest BCUT2D eigenvalue weighted by Gasteiger charge is -2.40. The normalized spacial score (nSPS) is 22.0. The van der Waals surface area contributed by atoms with E-state index in [1.54, 1.807) is 6.20 Å². The fourth-order valence-electron chi connectivity index (χ4n) is 4.69. The molecule has 6 nitrogen and oxygen atoms in total. The fraction of sp³-hybridized carbons (Fsp3) is 0.409. The average Bonchev–Trinajstić information content (AvgIpc) is 3.45. The lowest BCUT2D eigenvalue weighted by Crippen LogP contribution is -2.28. The van der Waals surface area contributed by atoms with Crippen LogP contribution in [0.2, 0.25) is 0 Å². The second-order valence-corrected chi connectivity index (χ2v) is 11.2. The number of nitrogens with one attached hydrogen (secondary N) is 1. The minimum atomic E-state index is -9.77. The quantitative estimate of drug-likeness (QED) is 0.435. The van der Waals surface area contributed by atoms with Crippen LogP contribution in [0.3, 0.4) is 0 Å². The summed E-state index contributed by atoms with van der Waals surface area (Å²) < 4.78 is 70.2. The third-order valence-corrected chi connectivity index (χ3v) is 7.68. The van der Waals surface area contributed by atoms with Crippen molar-refractivity contribution in [1.29, 1.82) is 0 Å². The highest BCUT2D eigenvalue weighted by Gasteiger charge is 2.65. The van der Waals surface area contributed by atoms with E-state index in [2.05, 4.69) is 15.0 Å². The number of hydrogen-bond donors (Lipinski definition) is 1. The minimum Gasteiger partial charge on any atom is -0.381 e. The number of imidazole rings is 1. The fourth-order valence-corrected chi connectivity index (χ4v) is 5.34. The van der Waals surface area contributed by atoms with Gasteiger partial charge in [-0.05, 0) is 55.2 Å². The summed E-state index contributed by atoms with van der Waals surface area (Å²) >= 11 is 0. The molecule has 2 aliphatic heterocycles. The summed E-state index contributed by atoms with van der Waals surface area (Å²) in [4.78, 5) is 24.8. The van der Waals surface area contributed by atoms with Crippen molar-refractivity contribution in [3.63, 3.8) is 0 Å². The van der Waals surface area contributed by atoms with Gasteiger partial charge in [0.15, 0.2) is 5.65 Å². The van der Waals surface area contributed by atoms with E-state index in [-0.39, 0.29) is 29.5 Å². The molecule has 2 fully saturated rings. The number of pyridine rings is 1. The lowest BCUT2D eigenvalue weighted by molar-refractivity contribution is 0.0790. The standard InChI is InChI=1S/C22H23F5N4O2S/c23-34(24,25,26,27)17-3-1-15(2-4-17)22(32)31-10-6-16(13-31)18-5-9-28-21-19(18)29-20(30-21)14-7-11-33-12-8-14/h1-5,9,14,16H,6-8,10-13H2,(H,28,29,30)/t16-/m0/s1. The second kappa shape index (κ2) is 7.38. The van der Waals surface area contributed by atoms with Crippen LogP contribution in [-0.4, -0.2) is 52.1 Å². The highest BCUT2D eigenvalue weighted by Crippen LogP contribution is 3.02. The summed E-state index contributed by atoms with van der Waals surface area (Å²) in [6, 6.07) is 4.05. The lowest BCUT2D eigenvalue weighted by atomic mass is 9.98. The number of ether oxygens (including phenoxy) is 1. The number of carbonyl (C=O) groups is 1. The van der Waals surface area contributed by atoms with Crippen LogP contribution in [0, 0.1) is 0 Å². The number of hydrogen-bond acceptors (Lipinski definition) is 4. The molecule has 0 unspecified atom stereocenters. The summed E-state index contributed by atoms with van der Waals surface area (Å²) in [6.07, 6.45) is 4.08. The van der Waals surface area contributed by atoms with Gasteiger partial charge in [0.1, 0.15) is 10.7 Å². The van der Waals surface area contributed by atoms with E-state index in [4.69, 9.17) is 4.74 Å². The summed E-state index contributed by atoms with van der Waals surface area (Å²) in [5, 5.41) is 0. The molecule has 1 N–H and O–H groups in total. The first kappa shape index (κ1) is 23.0. The maximum atomic E-state index is 13.0. The number of nitrogens with zero attached hydrogens (tertiary/aromatic N) is 3. The van der Waals surface area contributed by atoms with Crippen LogP contribution in [0.25, 0.3) is 11.2 Å². The Kier molecular flexibility index (Phi) is 5.00. The molecule has 184 valence electrons.